The van der Waals surface area contributed by atoms with Crippen molar-refractivity contribution in [2.75, 3.05) is 13.7 Å². The maximum absolute atomic E-state index is 9.74. The van der Waals surface area contributed by atoms with Crippen LogP contribution >= 0.6 is 0 Å². The fourth-order valence-electron chi connectivity index (χ4n) is 1.32. The van der Waals surface area contributed by atoms with E-state index in [0.717, 1.165) is 6.42 Å². The molecule has 1 unspecified atom stereocenters. The Morgan fingerprint density at radius 3 is 2.85 bits per heavy atom. The molecule has 13 heavy (non-hydrogen) atoms. The van der Waals surface area contributed by atoms with Crippen molar-refractivity contribution in [1.29, 1.82) is 0 Å². The highest BCUT2D eigenvalue weighted by molar-refractivity contribution is 5.05. The Bertz CT molecular complexity index is 196. The summed E-state index contributed by atoms with van der Waals surface area (Å²) < 4.78 is 10.5. The normalized spacial score (nSPS) is 19.5. The van der Waals surface area contributed by atoms with Crippen LogP contribution in [0.1, 0.15) is 26.7 Å². The summed E-state index contributed by atoms with van der Waals surface area (Å²) in [4.78, 5) is 0. The highest BCUT2D eigenvalue weighted by atomic mass is 16.5. The molecular formula is C10H18O3. The van der Waals surface area contributed by atoms with E-state index in [4.69, 9.17) is 9.47 Å². The largest absolute Gasteiger partial charge is 0.495 e. The summed E-state index contributed by atoms with van der Waals surface area (Å²) in [5.41, 5.74) is -0.299. The molecule has 1 rings (SSSR count). The molecule has 76 valence electrons. The second-order valence-corrected chi connectivity index (χ2v) is 3.93. The summed E-state index contributed by atoms with van der Waals surface area (Å²) in [5.74, 6) is 0.699. The van der Waals surface area contributed by atoms with Crippen LogP contribution in [-0.2, 0) is 9.47 Å². The van der Waals surface area contributed by atoms with E-state index in [0.29, 0.717) is 18.8 Å². The molecule has 1 aliphatic heterocycles. The Balaban J connectivity index is 2.44. The third-order valence-corrected chi connectivity index (χ3v) is 2.30. The molecule has 1 aliphatic rings. The average Bonchev–Trinajstić information content (AvgIpc) is 2.55. The third-order valence-electron chi connectivity index (χ3n) is 2.30. The smallest absolute Gasteiger partial charge is 0.121 e. The van der Waals surface area contributed by atoms with Crippen LogP contribution in [0.25, 0.3) is 0 Å². The minimum atomic E-state index is -0.530. The van der Waals surface area contributed by atoms with Gasteiger partial charge in [-0.25, -0.2) is 0 Å². The van der Waals surface area contributed by atoms with Gasteiger partial charge in [-0.15, -0.1) is 0 Å². The van der Waals surface area contributed by atoms with Gasteiger partial charge in [-0.05, 0) is 19.9 Å². The monoisotopic (exact) mass is 186 g/mol. The first-order valence-electron chi connectivity index (χ1n) is 4.61. The van der Waals surface area contributed by atoms with Crippen molar-refractivity contribution in [3.05, 3.63) is 11.8 Å². The molecule has 0 saturated carbocycles. The summed E-state index contributed by atoms with van der Waals surface area (Å²) in [5, 5.41) is 9.74. The van der Waals surface area contributed by atoms with Gasteiger partial charge in [-0.1, -0.05) is 0 Å². The molecule has 0 fully saturated rings. The number of aliphatic hydroxyl groups is 1. The number of methoxy groups -OCH3 is 1. The zero-order valence-electron chi connectivity index (χ0n) is 8.54. The molecule has 0 radical (unpaired) electrons. The Kier molecular flexibility index (Phi) is 3.33. The van der Waals surface area contributed by atoms with Crippen LogP contribution in [0.3, 0.4) is 0 Å². The van der Waals surface area contributed by atoms with E-state index in [1.165, 1.54) is 0 Å². The molecule has 0 amide bonds. The van der Waals surface area contributed by atoms with Gasteiger partial charge in [0, 0.05) is 20.0 Å². The van der Waals surface area contributed by atoms with Crippen LogP contribution in [0.5, 0.6) is 0 Å². The highest BCUT2D eigenvalue weighted by Gasteiger charge is 2.25. The first-order valence-corrected chi connectivity index (χ1v) is 4.61. The van der Waals surface area contributed by atoms with E-state index >= 15 is 0 Å². The summed E-state index contributed by atoms with van der Waals surface area (Å²) >= 11 is 0. The minimum Gasteiger partial charge on any atom is -0.495 e. The van der Waals surface area contributed by atoms with Gasteiger partial charge < -0.3 is 14.6 Å². The fraction of sp³-hybridized carbons (Fsp3) is 0.800. The van der Waals surface area contributed by atoms with Gasteiger partial charge >= 0.3 is 0 Å². The van der Waals surface area contributed by atoms with Crippen LogP contribution in [0.15, 0.2) is 11.8 Å². The minimum absolute atomic E-state index is 0.299. The van der Waals surface area contributed by atoms with E-state index in [-0.39, 0.29) is 5.60 Å². The lowest BCUT2D eigenvalue weighted by atomic mass is 9.99. The van der Waals surface area contributed by atoms with Gasteiger partial charge in [0.25, 0.3) is 0 Å². The van der Waals surface area contributed by atoms with Crippen LogP contribution in [0, 0.1) is 0 Å². The highest BCUT2D eigenvalue weighted by Crippen LogP contribution is 2.22. The van der Waals surface area contributed by atoms with Crippen LogP contribution < -0.4 is 0 Å². The van der Waals surface area contributed by atoms with E-state index in [2.05, 4.69) is 0 Å². The first kappa shape index (κ1) is 10.5. The number of hydrogen-bond donors (Lipinski definition) is 1. The lowest BCUT2D eigenvalue weighted by Gasteiger charge is -2.26. The molecule has 0 bridgehead atoms. The standard InChI is InChI=1S/C10H18O3/c1-10(2,12-3)7-8(11)9-5-4-6-13-9/h5,8,11H,4,6-7H2,1-3H3. The zero-order valence-corrected chi connectivity index (χ0v) is 8.54. The van der Waals surface area contributed by atoms with E-state index in [1.807, 2.05) is 19.9 Å². The quantitative estimate of drug-likeness (QED) is 0.722. The number of aliphatic hydroxyl groups excluding tert-OH is 1. The molecule has 0 spiro atoms. The molecule has 0 aromatic heterocycles. The van der Waals surface area contributed by atoms with Crippen molar-refractivity contribution in [2.45, 2.75) is 38.4 Å². The van der Waals surface area contributed by atoms with Crippen molar-refractivity contribution < 1.29 is 14.6 Å². The second kappa shape index (κ2) is 4.11. The molecule has 1 heterocycles. The molecule has 3 nitrogen and oxygen atoms in total. The molecule has 0 aliphatic carbocycles. The van der Waals surface area contributed by atoms with Gasteiger partial charge in [-0.3, -0.25) is 0 Å². The van der Waals surface area contributed by atoms with Gasteiger partial charge in [0.05, 0.1) is 12.2 Å². The van der Waals surface area contributed by atoms with Gasteiger partial charge in [0.15, 0.2) is 0 Å². The van der Waals surface area contributed by atoms with Crippen molar-refractivity contribution in [3.63, 3.8) is 0 Å². The predicted octanol–water partition coefficient (Wildman–Crippen LogP) is 1.47. The van der Waals surface area contributed by atoms with Crippen LogP contribution in [0.4, 0.5) is 0 Å². The summed E-state index contributed by atoms with van der Waals surface area (Å²) in [6, 6.07) is 0. The van der Waals surface area contributed by atoms with Gasteiger partial charge in [0.1, 0.15) is 11.9 Å². The lowest BCUT2D eigenvalue weighted by molar-refractivity contribution is -0.0221. The maximum Gasteiger partial charge on any atom is 0.121 e. The zero-order chi connectivity index (χ0) is 9.90. The van der Waals surface area contributed by atoms with Crippen LogP contribution in [0.2, 0.25) is 0 Å². The van der Waals surface area contributed by atoms with Gasteiger partial charge in [-0.2, -0.15) is 0 Å². The Labute approximate surface area is 79.3 Å². The molecule has 3 heteroatoms. The summed E-state index contributed by atoms with van der Waals surface area (Å²) in [7, 11) is 1.65. The predicted molar refractivity (Wildman–Crippen MR) is 50.4 cm³/mol. The van der Waals surface area contributed by atoms with Crippen molar-refractivity contribution in [2.24, 2.45) is 0 Å². The molecule has 0 aromatic rings. The molecule has 0 aromatic carbocycles. The number of ether oxygens (including phenoxy) is 2. The van der Waals surface area contributed by atoms with Crippen LogP contribution in [-0.4, -0.2) is 30.5 Å². The van der Waals surface area contributed by atoms with Gasteiger partial charge in [0.2, 0.25) is 0 Å². The number of rotatable bonds is 4. The number of hydrogen-bond acceptors (Lipinski definition) is 3. The van der Waals surface area contributed by atoms with E-state index in [1.54, 1.807) is 7.11 Å². The van der Waals surface area contributed by atoms with Crippen molar-refractivity contribution in [1.82, 2.24) is 0 Å². The Hall–Kier alpha value is -0.540. The van der Waals surface area contributed by atoms with E-state index < -0.39 is 6.10 Å². The van der Waals surface area contributed by atoms with Crippen molar-refractivity contribution >= 4 is 0 Å². The Morgan fingerprint density at radius 1 is 1.69 bits per heavy atom. The van der Waals surface area contributed by atoms with Crippen molar-refractivity contribution in [3.8, 4) is 0 Å². The summed E-state index contributed by atoms with van der Waals surface area (Å²) in [6.45, 7) is 4.59. The summed E-state index contributed by atoms with van der Waals surface area (Å²) in [6.07, 6.45) is 2.88. The third kappa shape index (κ3) is 3.01. The fourth-order valence-corrected chi connectivity index (χ4v) is 1.32. The molecule has 0 saturated heterocycles. The average molecular weight is 186 g/mol. The maximum atomic E-state index is 9.74. The first-order chi connectivity index (χ1) is 6.05. The molecule has 1 atom stereocenters. The second-order valence-electron chi connectivity index (χ2n) is 3.93. The topological polar surface area (TPSA) is 38.7 Å². The lowest BCUT2D eigenvalue weighted by Crippen LogP contribution is -2.29. The Morgan fingerprint density at radius 2 is 2.38 bits per heavy atom. The SMILES string of the molecule is COC(C)(C)CC(O)C1=CCCO1. The molecule has 1 N–H and O–H groups in total. The molecular weight excluding hydrogens is 168 g/mol. The van der Waals surface area contributed by atoms with E-state index in [9.17, 15) is 5.11 Å².